The predicted octanol–water partition coefficient (Wildman–Crippen LogP) is 1.21. The minimum atomic E-state index is -3.53. The Balaban J connectivity index is 2.15. The zero-order valence-corrected chi connectivity index (χ0v) is 13.1. The molecule has 0 saturated heterocycles. The maximum atomic E-state index is 12.2. The highest BCUT2D eigenvalue weighted by Gasteiger charge is 2.18. The highest BCUT2D eigenvalue weighted by Crippen LogP contribution is 2.15. The minimum absolute atomic E-state index is 0.204. The van der Waals surface area contributed by atoms with Crippen LogP contribution < -0.4 is 10.5 Å². The number of hydrogen-bond acceptors (Lipinski definition) is 5. The summed E-state index contributed by atoms with van der Waals surface area (Å²) >= 11 is 1.44. The maximum absolute atomic E-state index is 12.2. The van der Waals surface area contributed by atoms with Gasteiger partial charge in [0.2, 0.25) is 10.0 Å². The summed E-state index contributed by atoms with van der Waals surface area (Å²) in [6.45, 7) is 5.03. The predicted molar refractivity (Wildman–Crippen MR) is 78.9 cm³/mol. The lowest BCUT2D eigenvalue weighted by Gasteiger charge is -2.02. The van der Waals surface area contributed by atoms with Crippen molar-refractivity contribution in [2.75, 3.05) is 0 Å². The third-order valence-corrected chi connectivity index (χ3v) is 5.24. The van der Waals surface area contributed by atoms with Crippen molar-refractivity contribution in [3.63, 3.8) is 0 Å². The average molecular weight is 314 g/mol. The Hall–Kier alpha value is -1.22. The van der Waals surface area contributed by atoms with E-state index in [1.807, 2.05) is 23.8 Å². The standard InChI is InChI=1S/C12H18N4O2S2/c1-3-16-7-11(4-10(16)5-13)20(17,18)14-6-12-15-9(2)8-19-12/h4,7-8,14H,3,5-6,13H2,1-2H3. The maximum Gasteiger partial charge on any atom is 0.242 e. The van der Waals surface area contributed by atoms with Crippen LogP contribution in [0.3, 0.4) is 0 Å². The molecule has 0 aliphatic carbocycles. The molecule has 110 valence electrons. The molecular weight excluding hydrogens is 296 g/mol. The van der Waals surface area contributed by atoms with Crippen molar-refractivity contribution in [1.29, 1.82) is 0 Å². The molecule has 0 bridgehead atoms. The molecule has 6 nitrogen and oxygen atoms in total. The van der Waals surface area contributed by atoms with E-state index >= 15 is 0 Å². The smallest absolute Gasteiger partial charge is 0.242 e. The third-order valence-electron chi connectivity index (χ3n) is 2.90. The fraction of sp³-hybridized carbons (Fsp3) is 0.417. The Morgan fingerprint density at radius 3 is 2.75 bits per heavy atom. The molecule has 0 spiro atoms. The Labute approximate surface area is 122 Å². The summed E-state index contributed by atoms with van der Waals surface area (Å²) in [5.41, 5.74) is 7.31. The SMILES string of the molecule is CCn1cc(S(=O)(=O)NCc2nc(C)cs2)cc1CN. The lowest BCUT2D eigenvalue weighted by atomic mass is 10.4. The largest absolute Gasteiger partial charge is 0.349 e. The monoisotopic (exact) mass is 314 g/mol. The van der Waals surface area contributed by atoms with Crippen molar-refractivity contribution in [2.24, 2.45) is 5.73 Å². The van der Waals surface area contributed by atoms with E-state index in [1.54, 1.807) is 12.3 Å². The Bertz CT molecular complexity index is 667. The van der Waals surface area contributed by atoms with Crippen LogP contribution in [0.4, 0.5) is 0 Å². The quantitative estimate of drug-likeness (QED) is 0.838. The molecule has 0 radical (unpaired) electrons. The summed E-state index contributed by atoms with van der Waals surface area (Å²) in [5.74, 6) is 0. The molecule has 0 atom stereocenters. The van der Waals surface area contributed by atoms with Gasteiger partial charge >= 0.3 is 0 Å². The van der Waals surface area contributed by atoms with E-state index < -0.39 is 10.0 Å². The summed E-state index contributed by atoms with van der Waals surface area (Å²) < 4.78 is 28.8. The average Bonchev–Trinajstić information content (AvgIpc) is 3.02. The first kappa shape index (κ1) is 15.2. The van der Waals surface area contributed by atoms with Crippen LogP contribution in [-0.4, -0.2) is 18.0 Å². The first-order chi connectivity index (χ1) is 9.46. The molecule has 2 rings (SSSR count). The lowest BCUT2D eigenvalue weighted by Crippen LogP contribution is -2.22. The van der Waals surface area contributed by atoms with Crippen molar-refractivity contribution in [1.82, 2.24) is 14.3 Å². The number of nitrogens with two attached hydrogens (primary N) is 1. The van der Waals surface area contributed by atoms with Gasteiger partial charge in [-0.15, -0.1) is 11.3 Å². The summed E-state index contributed by atoms with van der Waals surface area (Å²) in [7, 11) is -3.53. The molecule has 20 heavy (non-hydrogen) atoms. The molecular formula is C12H18N4O2S2. The van der Waals surface area contributed by atoms with Crippen molar-refractivity contribution < 1.29 is 8.42 Å². The molecule has 0 aromatic carbocycles. The third kappa shape index (κ3) is 3.26. The Morgan fingerprint density at radius 2 is 2.25 bits per heavy atom. The topological polar surface area (TPSA) is 90.0 Å². The highest BCUT2D eigenvalue weighted by atomic mass is 32.2. The molecule has 8 heteroatoms. The van der Waals surface area contributed by atoms with Gasteiger partial charge in [-0.1, -0.05) is 0 Å². The minimum Gasteiger partial charge on any atom is -0.349 e. The summed E-state index contributed by atoms with van der Waals surface area (Å²) in [5, 5.41) is 2.64. The molecule has 0 saturated carbocycles. The van der Waals surface area contributed by atoms with Gasteiger partial charge in [-0.05, 0) is 19.9 Å². The van der Waals surface area contributed by atoms with Crippen LogP contribution in [0.1, 0.15) is 23.3 Å². The van der Waals surface area contributed by atoms with Crippen LogP contribution in [0, 0.1) is 6.92 Å². The number of rotatable bonds is 6. The second-order valence-corrected chi connectivity index (χ2v) is 7.07. The van der Waals surface area contributed by atoms with E-state index in [4.69, 9.17) is 5.73 Å². The Morgan fingerprint density at radius 1 is 1.50 bits per heavy atom. The number of hydrogen-bond donors (Lipinski definition) is 2. The van der Waals surface area contributed by atoms with E-state index in [0.29, 0.717) is 13.1 Å². The van der Waals surface area contributed by atoms with Gasteiger partial charge < -0.3 is 10.3 Å². The normalized spacial score (nSPS) is 11.9. The zero-order chi connectivity index (χ0) is 14.8. The molecule has 2 aromatic rings. The van der Waals surface area contributed by atoms with Crippen LogP contribution in [0.5, 0.6) is 0 Å². The molecule has 3 N–H and O–H groups in total. The number of nitrogens with zero attached hydrogens (tertiary/aromatic N) is 2. The molecule has 2 aromatic heterocycles. The molecule has 0 aliphatic rings. The van der Waals surface area contributed by atoms with Gasteiger partial charge in [0.05, 0.1) is 11.4 Å². The molecule has 0 aliphatic heterocycles. The first-order valence-electron chi connectivity index (χ1n) is 6.26. The van der Waals surface area contributed by atoms with Gasteiger partial charge in [0, 0.05) is 36.1 Å². The second-order valence-electron chi connectivity index (χ2n) is 4.36. The first-order valence-corrected chi connectivity index (χ1v) is 8.62. The van der Waals surface area contributed by atoms with Crippen LogP contribution in [0.15, 0.2) is 22.5 Å². The van der Waals surface area contributed by atoms with Gasteiger partial charge in [0.25, 0.3) is 0 Å². The lowest BCUT2D eigenvalue weighted by molar-refractivity contribution is 0.580. The summed E-state index contributed by atoms with van der Waals surface area (Å²) in [6.07, 6.45) is 1.61. The van der Waals surface area contributed by atoms with Crippen LogP contribution >= 0.6 is 11.3 Å². The van der Waals surface area contributed by atoms with Gasteiger partial charge in [0.15, 0.2) is 0 Å². The van der Waals surface area contributed by atoms with E-state index in [2.05, 4.69) is 9.71 Å². The van der Waals surface area contributed by atoms with Crippen molar-refractivity contribution in [3.05, 3.63) is 34.0 Å². The fourth-order valence-electron chi connectivity index (χ4n) is 1.86. The van der Waals surface area contributed by atoms with E-state index in [1.165, 1.54) is 11.3 Å². The van der Waals surface area contributed by atoms with Gasteiger partial charge in [-0.3, -0.25) is 0 Å². The fourth-order valence-corrected chi connectivity index (χ4v) is 3.72. The number of aromatic nitrogens is 2. The van der Waals surface area contributed by atoms with Crippen molar-refractivity contribution >= 4 is 21.4 Å². The number of thiazole rings is 1. The van der Waals surface area contributed by atoms with Gasteiger partial charge in [0.1, 0.15) is 5.01 Å². The number of nitrogens with one attached hydrogen (secondary N) is 1. The van der Waals surface area contributed by atoms with Gasteiger partial charge in [-0.25, -0.2) is 18.1 Å². The Kier molecular flexibility index (Phi) is 4.59. The molecule has 2 heterocycles. The van der Waals surface area contributed by atoms with E-state index in [9.17, 15) is 8.42 Å². The highest BCUT2D eigenvalue weighted by molar-refractivity contribution is 7.89. The zero-order valence-electron chi connectivity index (χ0n) is 11.5. The number of sulfonamides is 1. The van der Waals surface area contributed by atoms with Crippen molar-refractivity contribution in [3.8, 4) is 0 Å². The van der Waals surface area contributed by atoms with Crippen molar-refractivity contribution in [2.45, 2.75) is 38.4 Å². The van der Waals surface area contributed by atoms with E-state index in [-0.39, 0.29) is 11.4 Å². The second kappa shape index (κ2) is 6.04. The summed E-state index contributed by atoms with van der Waals surface area (Å²) in [4.78, 5) is 4.47. The van der Waals surface area contributed by atoms with Gasteiger partial charge in [-0.2, -0.15) is 0 Å². The number of aryl methyl sites for hydroxylation is 2. The van der Waals surface area contributed by atoms with Crippen LogP contribution in [0.2, 0.25) is 0 Å². The summed E-state index contributed by atoms with van der Waals surface area (Å²) in [6, 6.07) is 1.61. The van der Waals surface area contributed by atoms with Crippen LogP contribution in [-0.2, 0) is 29.7 Å². The molecule has 0 fully saturated rings. The molecule has 0 amide bonds. The van der Waals surface area contributed by atoms with Crippen LogP contribution in [0.25, 0.3) is 0 Å². The van der Waals surface area contributed by atoms with E-state index in [0.717, 1.165) is 16.4 Å². The molecule has 0 unspecified atom stereocenters.